The summed E-state index contributed by atoms with van der Waals surface area (Å²) in [5.41, 5.74) is 2.69. The standard InChI is InChI=1S/C16H22N2O2/c1-17(11-6-4-3-5-7-11)12-8-9-13-14(10-12)18(2)16(20)15(13)19/h8-11,15,19H,3-7H2,1-2H3. The van der Waals surface area contributed by atoms with Gasteiger partial charge < -0.3 is 14.9 Å². The van der Waals surface area contributed by atoms with Crippen LogP contribution in [-0.4, -0.2) is 31.2 Å². The summed E-state index contributed by atoms with van der Waals surface area (Å²) in [6.45, 7) is 0. The van der Waals surface area contributed by atoms with Crippen LogP contribution >= 0.6 is 0 Å². The van der Waals surface area contributed by atoms with E-state index in [0.29, 0.717) is 6.04 Å². The number of aliphatic hydroxyl groups is 1. The SMILES string of the molecule is CN1C(=O)C(O)c2ccc(N(C)C3CCCCC3)cc21. The molecule has 1 N–H and O–H groups in total. The van der Waals surface area contributed by atoms with Crippen molar-refractivity contribution in [2.24, 2.45) is 0 Å². The van der Waals surface area contributed by atoms with E-state index < -0.39 is 6.10 Å². The molecule has 1 fully saturated rings. The van der Waals surface area contributed by atoms with Gasteiger partial charge >= 0.3 is 0 Å². The molecular formula is C16H22N2O2. The molecule has 20 heavy (non-hydrogen) atoms. The van der Waals surface area contributed by atoms with Gasteiger partial charge in [0.15, 0.2) is 6.10 Å². The highest BCUT2D eigenvalue weighted by Gasteiger charge is 2.34. The van der Waals surface area contributed by atoms with Gasteiger partial charge in [-0.3, -0.25) is 4.79 Å². The van der Waals surface area contributed by atoms with Crippen LogP contribution in [0.2, 0.25) is 0 Å². The highest BCUT2D eigenvalue weighted by Crippen LogP contribution is 2.38. The molecule has 108 valence electrons. The minimum atomic E-state index is -0.996. The van der Waals surface area contributed by atoms with Crippen molar-refractivity contribution in [1.29, 1.82) is 0 Å². The summed E-state index contributed by atoms with van der Waals surface area (Å²) in [5.74, 6) is -0.238. The van der Waals surface area contributed by atoms with E-state index in [-0.39, 0.29) is 5.91 Å². The Morgan fingerprint density at radius 1 is 1.25 bits per heavy atom. The number of carbonyl (C=O) groups excluding carboxylic acids is 1. The van der Waals surface area contributed by atoms with Gasteiger partial charge in [-0.1, -0.05) is 25.3 Å². The van der Waals surface area contributed by atoms with E-state index in [0.717, 1.165) is 16.9 Å². The second kappa shape index (κ2) is 5.09. The third kappa shape index (κ3) is 2.08. The number of anilines is 2. The first-order valence-electron chi connectivity index (χ1n) is 7.42. The Morgan fingerprint density at radius 2 is 1.95 bits per heavy atom. The topological polar surface area (TPSA) is 43.8 Å². The Morgan fingerprint density at radius 3 is 2.65 bits per heavy atom. The van der Waals surface area contributed by atoms with Crippen LogP contribution in [0.5, 0.6) is 0 Å². The van der Waals surface area contributed by atoms with Crippen LogP contribution in [0.4, 0.5) is 11.4 Å². The van der Waals surface area contributed by atoms with Crippen molar-refractivity contribution < 1.29 is 9.90 Å². The molecule has 1 amide bonds. The summed E-state index contributed by atoms with van der Waals surface area (Å²) in [7, 11) is 3.85. The van der Waals surface area contributed by atoms with Crippen LogP contribution in [0.3, 0.4) is 0 Å². The highest BCUT2D eigenvalue weighted by atomic mass is 16.3. The van der Waals surface area contributed by atoms with Crippen molar-refractivity contribution in [1.82, 2.24) is 0 Å². The zero-order valence-electron chi connectivity index (χ0n) is 12.2. The molecule has 0 spiro atoms. The van der Waals surface area contributed by atoms with E-state index in [4.69, 9.17) is 0 Å². The number of benzene rings is 1. The van der Waals surface area contributed by atoms with E-state index in [2.05, 4.69) is 11.9 Å². The minimum absolute atomic E-state index is 0.238. The van der Waals surface area contributed by atoms with Gasteiger partial charge in [-0.15, -0.1) is 0 Å². The van der Waals surface area contributed by atoms with Gasteiger partial charge in [0.1, 0.15) is 0 Å². The maximum atomic E-state index is 11.8. The van der Waals surface area contributed by atoms with Crippen molar-refractivity contribution in [2.75, 3.05) is 23.9 Å². The van der Waals surface area contributed by atoms with Crippen molar-refractivity contribution in [3.8, 4) is 0 Å². The van der Waals surface area contributed by atoms with E-state index in [9.17, 15) is 9.90 Å². The lowest BCUT2D eigenvalue weighted by Crippen LogP contribution is -2.33. The predicted octanol–water partition coefficient (Wildman–Crippen LogP) is 2.47. The van der Waals surface area contributed by atoms with Crippen LogP contribution in [0.25, 0.3) is 0 Å². The van der Waals surface area contributed by atoms with Crippen molar-refractivity contribution in [3.05, 3.63) is 23.8 Å². The van der Waals surface area contributed by atoms with Gasteiger partial charge in [0, 0.05) is 31.4 Å². The van der Waals surface area contributed by atoms with Crippen molar-refractivity contribution in [2.45, 2.75) is 44.2 Å². The zero-order valence-corrected chi connectivity index (χ0v) is 12.2. The third-order valence-corrected chi connectivity index (χ3v) is 4.76. The number of hydrogen-bond donors (Lipinski definition) is 1. The average molecular weight is 274 g/mol. The molecule has 1 aromatic carbocycles. The lowest BCUT2D eigenvalue weighted by Gasteiger charge is -2.33. The Bertz CT molecular complexity index is 523. The Labute approximate surface area is 120 Å². The second-order valence-electron chi connectivity index (χ2n) is 5.95. The summed E-state index contributed by atoms with van der Waals surface area (Å²) in [4.78, 5) is 15.7. The molecule has 1 unspecified atom stereocenters. The number of fused-ring (bicyclic) bond motifs is 1. The van der Waals surface area contributed by atoms with E-state index >= 15 is 0 Å². The number of carbonyl (C=O) groups is 1. The largest absolute Gasteiger partial charge is 0.378 e. The Kier molecular flexibility index (Phi) is 3.42. The van der Waals surface area contributed by atoms with E-state index in [1.54, 1.807) is 11.9 Å². The maximum absolute atomic E-state index is 11.8. The fraction of sp³-hybridized carbons (Fsp3) is 0.562. The lowest BCUT2D eigenvalue weighted by molar-refractivity contribution is -0.125. The van der Waals surface area contributed by atoms with Gasteiger partial charge in [-0.2, -0.15) is 0 Å². The molecule has 0 bridgehead atoms. The number of hydrogen-bond acceptors (Lipinski definition) is 3. The molecule has 0 aromatic heterocycles. The molecule has 3 rings (SSSR count). The first-order valence-corrected chi connectivity index (χ1v) is 7.42. The van der Waals surface area contributed by atoms with Gasteiger partial charge in [-0.25, -0.2) is 0 Å². The van der Waals surface area contributed by atoms with Crippen LogP contribution in [0, 0.1) is 0 Å². The quantitative estimate of drug-likeness (QED) is 0.901. The van der Waals surface area contributed by atoms with Gasteiger partial charge in [0.2, 0.25) is 0 Å². The smallest absolute Gasteiger partial charge is 0.260 e. The van der Waals surface area contributed by atoms with Gasteiger partial charge in [0.25, 0.3) is 5.91 Å². The van der Waals surface area contributed by atoms with Gasteiger partial charge in [0.05, 0.1) is 5.69 Å². The van der Waals surface area contributed by atoms with E-state index in [1.165, 1.54) is 32.1 Å². The summed E-state index contributed by atoms with van der Waals surface area (Å²) in [6.07, 6.45) is 5.44. The number of amides is 1. The fourth-order valence-electron chi connectivity index (χ4n) is 3.39. The number of aliphatic hydroxyl groups excluding tert-OH is 1. The monoisotopic (exact) mass is 274 g/mol. The van der Waals surface area contributed by atoms with Crippen LogP contribution < -0.4 is 9.80 Å². The van der Waals surface area contributed by atoms with Gasteiger partial charge in [-0.05, 0) is 25.0 Å². The predicted molar refractivity (Wildman–Crippen MR) is 80.1 cm³/mol. The van der Waals surface area contributed by atoms with Crippen molar-refractivity contribution >= 4 is 17.3 Å². The molecule has 1 aliphatic heterocycles. The summed E-state index contributed by atoms with van der Waals surface area (Å²) in [5, 5.41) is 9.89. The first kappa shape index (κ1) is 13.4. The number of likely N-dealkylation sites (N-methyl/N-ethyl adjacent to an activating group) is 1. The molecule has 4 heteroatoms. The van der Waals surface area contributed by atoms with Crippen molar-refractivity contribution in [3.63, 3.8) is 0 Å². The normalized spacial score (nSPS) is 23.1. The second-order valence-corrected chi connectivity index (χ2v) is 5.95. The maximum Gasteiger partial charge on any atom is 0.260 e. The van der Waals surface area contributed by atoms with Crippen LogP contribution in [-0.2, 0) is 4.79 Å². The molecule has 1 atom stereocenters. The molecule has 0 radical (unpaired) electrons. The summed E-state index contributed by atoms with van der Waals surface area (Å²) in [6, 6.07) is 6.52. The first-order chi connectivity index (χ1) is 9.59. The molecular weight excluding hydrogens is 252 g/mol. The molecule has 4 nitrogen and oxygen atoms in total. The van der Waals surface area contributed by atoms with Crippen LogP contribution in [0.15, 0.2) is 18.2 Å². The van der Waals surface area contributed by atoms with Crippen LogP contribution in [0.1, 0.15) is 43.8 Å². The number of nitrogens with zero attached hydrogens (tertiary/aromatic N) is 2. The zero-order chi connectivity index (χ0) is 14.3. The number of rotatable bonds is 2. The molecule has 1 aromatic rings. The lowest BCUT2D eigenvalue weighted by atomic mass is 9.94. The molecule has 1 heterocycles. The average Bonchev–Trinajstić information content (AvgIpc) is 2.72. The molecule has 1 saturated carbocycles. The third-order valence-electron chi connectivity index (χ3n) is 4.76. The van der Waals surface area contributed by atoms with E-state index in [1.807, 2.05) is 18.2 Å². The summed E-state index contributed by atoms with van der Waals surface area (Å²) >= 11 is 0. The Hall–Kier alpha value is -1.55. The Balaban J connectivity index is 1.87. The summed E-state index contributed by atoms with van der Waals surface area (Å²) < 4.78 is 0. The fourth-order valence-corrected chi connectivity index (χ4v) is 3.39. The molecule has 1 aliphatic carbocycles. The minimum Gasteiger partial charge on any atom is -0.378 e. The highest BCUT2D eigenvalue weighted by molar-refractivity contribution is 6.03. The molecule has 0 saturated heterocycles. The molecule has 2 aliphatic rings.